The zero-order valence-electron chi connectivity index (χ0n) is 9.89. The summed E-state index contributed by atoms with van der Waals surface area (Å²) < 4.78 is 0. The first-order valence-electron chi connectivity index (χ1n) is 5.85. The Balaban J connectivity index is 2.06. The third kappa shape index (κ3) is 2.30. The molecule has 86 valence electrons. The lowest BCUT2D eigenvalue weighted by Crippen LogP contribution is -2.40. The van der Waals surface area contributed by atoms with Gasteiger partial charge in [0.1, 0.15) is 5.78 Å². The van der Waals surface area contributed by atoms with Crippen LogP contribution in [0.1, 0.15) is 31.9 Å². The van der Waals surface area contributed by atoms with Gasteiger partial charge >= 0.3 is 0 Å². The number of Topliss-reactive ketones (excluding diaryl/α,β-unsaturated/α-hetero) is 1. The van der Waals surface area contributed by atoms with Gasteiger partial charge in [0.05, 0.1) is 0 Å². The number of ketones is 1. The summed E-state index contributed by atoms with van der Waals surface area (Å²) >= 11 is 0. The molecular weight excluding hydrogens is 200 g/mol. The molecule has 2 unspecified atom stereocenters. The predicted molar refractivity (Wildman–Crippen MR) is 63.0 cm³/mol. The largest absolute Gasteiger partial charge is 0.299 e. The first-order valence-corrected chi connectivity index (χ1v) is 5.85. The average Bonchev–Trinajstić information content (AvgIpc) is 2.33. The first-order chi connectivity index (χ1) is 7.68. The van der Waals surface area contributed by atoms with Crippen molar-refractivity contribution in [2.75, 3.05) is 13.1 Å². The van der Waals surface area contributed by atoms with E-state index in [9.17, 15) is 4.79 Å². The van der Waals surface area contributed by atoms with E-state index in [1.54, 1.807) is 6.20 Å². The van der Waals surface area contributed by atoms with Crippen LogP contribution in [-0.2, 0) is 4.79 Å². The maximum Gasteiger partial charge on any atom is 0.138 e. The molecule has 0 N–H and O–H groups in total. The van der Waals surface area contributed by atoms with E-state index < -0.39 is 0 Å². The molecule has 1 saturated heterocycles. The van der Waals surface area contributed by atoms with Crippen LogP contribution in [0.25, 0.3) is 0 Å². The summed E-state index contributed by atoms with van der Waals surface area (Å²) in [5, 5.41) is 0. The van der Waals surface area contributed by atoms with E-state index in [0.717, 1.165) is 13.1 Å². The number of carbonyl (C=O) groups excluding carboxylic acids is 1. The smallest absolute Gasteiger partial charge is 0.138 e. The topological polar surface area (TPSA) is 33.2 Å². The van der Waals surface area contributed by atoms with Crippen LogP contribution in [0.3, 0.4) is 0 Å². The Hall–Kier alpha value is -1.22. The zero-order chi connectivity index (χ0) is 11.5. The van der Waals surface area contributed by atoms with Crippen LogP contribution < -0.4 is 0 Å². The van der Waals surface area contributed by atoms with Crippen molar-refractivity contribution in [2.45, 2.75) is 26.3 Å². The maximum atomic E-state index is 11.5. The Labute approximate surface area is 96.5 Å². The number of aromatic nitrogens is 1. The molecule has 0 aliphatic carbocycles. The van der Waals surface area contributed by atoms with E-state index in [1.165, 1.54) is 5.56 Å². The van der Waals surface area contributed by atoms with Gasteiger partial charge in [-0.05, 0) is 18.6 Å². The van der Waals surface area contributed by atoms with Crippen molar-refractivity contribution in [3.05, 3.63) is 30.1 Å². The van der Waals surface area contributed by atoms with E-state index >= 15 is 0 Å². The highest BCUT2D eigenvalue weighted by atomic mass is 16.1. The normalized spacial score (nSPS) is 24.4. The summed E-state index contributed by atoms with van der Waals surface area (Å²) in [5.74, 6) is 0.572. The van der Waals surface area contributed by atoms with Crippen LogP contribution >= 0.6 is 0 Å². The van der Waals surface area contributed by atoms with Crippen LogP contribution in [0.5, 0.6) is 0 Å². The molecule has 1 fully saturated rings. The van der Waals surface area contributed by atoms with E-state index in [0.29, 0.717) is 18.2 Å². The molecular formula is C13H18N2O. The molecule has 2 heterocycles. The second-order valence-corrected chi connectivity index (χ2v) is 4.57. The fourth-order valence-corrected chi connectivity index (χ4v) is 2.23. The van der Waals surface area contributed by atoms with Crippen molar-refractivity contribution in [1.29, 1.82) is 0 Å². The van der Waals surface area contributed by atoms with E-state index in [-0.39, 0.29) is 5.92 Å². The van der Waals surface area contributed by atoms with Crippen molar-refractivity contribution >= 4 is 5.78 Å². The fraction of sp³-hybridized carbons (Fsp3) is 0.538. The lowest BCUT2D eigenvalue weighted by molar-refractivity contribution is -0.126. The molecule has 0 aromatic carbocycles. The molecule has 2 rings (SSSR count). The monoisotopic (exact) mass is 218 g/mol. The Kier molecular flexibility index (Phi) is 3.34. The predicted octanol–water partition coefficient (Wildman–Crippen LogP) is 2.05. The number of hydrogen-bond acceptors (Lipinski definition) is 3. The van der Waals surface area contributed by atoms with Gasteiger partial charge in [-0.1, -0.05) is 13.0 Å². The molecule has 0 spiro atoms. The number of hydrogen-bond donors (Lipinski definition) is 0. The van der Waals surface area contributed by atoms with Crippen LogP contribution in [0.4, 0.5) is 0 Å². The van der Waals surface area contributed by atoms with Gasteiger partial charge in [0.2, 0.25) is 0 Å². The second-order valence-electron chi connectivity index (χ2n) is 4.57. The van der Waals surface area contributed by atoms with Gasteiger partial charge in [0, 0.05) is 43.9 Å². The lowest BCUT2D eigenvalue weighted by Gasteiger charge is -2.34. The third-order valence-corrected chi connectivity index (χ3v) is 3.42. The van der Waals surface area contributed by atoms with Crippen molar-refractivity contribution in [3.63, 3.8) is 0 Å². The zero-order valence-corrected chi connectivity index (χ0v) is 9.89. The number of likely N-dealkylation sites (tertiary alicyclic amines) is 1. The average molecular weight is 218 g/mol. The molecule has 1 aliphatic heterocycles. The van der Waals surface area contributed by atoms with Gasteiger partial charge in [0.15, 0.2) is 0 Å². The lowest BCUT2D eigenvalue weighted by atomic mass is 9.96. The van der Waals surface area contributed by atoms with Gasteiger partial charge in [-0.2, -0.15) is 0 Å². The Bertz CT molecular complexity index is 363. The molecule has 0 saturated carbocycles. The van der Waals surface area contributed by atoms with E-state index in [2.05, 4.69) is 22.9 Å². The summed E-state index contributed by atoms with van der Waals surface area (Å²) in [5.41, 5.74) is 1.23. The van der Waals surface area contributed by atoms with Gasteiger partial charge in [-0.25, -0.2) is 0 Å². The van der Waals surface area contributed by atoms with E-state index in [4.69, 9.17) is 0 Å². The summed E-state index contributed by atoms with van der Waals surface area (Å²) in [6.45, 7) is 5.94. The highest BCUT2D eigenvalue weighted by Gasteiger charge is 2.26. The highest BCUT2D eigenvalue weighted by Crippen LogP contribution is 2.24. The Morgan fingerprint density at radius 3 is 3.00 bits per heavy atom. The van der Waals surface area contributed by atoms with Crippen LogP contribution in [0.2, 0.25) is 0 Å². The highest BCUT2D eigenvalue weighted by molar-refractivity contribution is 5.81. The van der Waals surface area contributed by atoms with Gasteiger partial charge in [-0.15, -0.1) is 0 Å². The second kappa shape index (κ2) is 4.74. The number of piperidine rings is 1. The minimum absolute atomic E-state index is 0.174. The van der Waals surface area contributed by atoms with Crippen LogP contribution in [0, 0.1) is 5.92 Å². The van der Waals surface area contributed by atoms with E-state index in [1.807, 2.05) is 19.2 Å². The number of carbonyl (C=O) groups is 1. The summed E-state index contributed by atoms with van der Waals surface area (Å²) in [4.78, 5) is 18.0. The Morgan fingerprint density at radius 2 is 2.38 bits per heavy atom. The standard InChI is InChI=1S/C13H18N2O/c1-10-9-15(7-5-13(10)16)11(2)12-4-3-6-14-8-12/h3-4,6,8,10-11H,5,7,9H2,1-2H3. The maximum absolute atomic E-state index is 11.5. The number of rotatable bonds is 2. The molecule has 0 amide bonds. The molecule has 1 aliphatic rings. The number of pyridine rings is 1. The SMILES string of the molecule is CC1CN(C(C)c2cccnc2)CCC1=O. The minimum Gasteiger partial charge on any atom is -0.299 e. The third-order valence-electron chi connectivity index (χ3n) is 3.42. The fourth-order valence-electron chi connectivity index (χ4n) is 2.23. The summed E-state index contributed by atoms with van der Waals surface area (Å²) in [6.07, 6.45) is 4.39. The minimum atomic E-state index is 0.174. The quantitative estimate of drug-likeness (QED) is 0.761. The summed E-state index contributed by atoms with van der Waals surface area (Å²) in [6, 6.07) is 4.41. The molecule has 0 radical (unpaired) electrons. The molecule has 3 heteroatoms. The van der Waals surface area contributed by atoms with Crippen LogP contribution in [0.15, 0.2) is 24.5 Å². The van der Waals surface area contributed by atoms with Crippen molar-refractivity contribution in [3.8, 4) is 0 Å². The van der Waals surface area contributed by atoms with Crippen molar-refractivity contribution in [2.24, 2.45) is 5.92 Å². The first kappa shape index (κ1) is 11.3. The molecule has 16 heavy (non-hydrogen) atoms. The van der Waals surface area contributed by atoms with Crippen LogP contribution in [-0.4, -0.2) is 28.8 Å². The number of nitrogens with zero attached hydrogens (tertiary/aromatic N) is 2. The van der Waals surface area contributed by atoms with Crippen molar-refractivity contribution < 1.29 is 4.79 Å². The molecule has 3 nitrogen and oxygen atoms in total. The Morgan fingerprint density at radius 1 is 1.56 bits per heavy atom. The van der Waals surface area contributed by atoms with Crippen molar-refractivity contribution in [1.82, 2.24) is 9.88 Å². The molecule has 0 bridgehead atoms. The summed E-state index contributed by atoms with van der Waals surface area (Å²) in [7, 11) is 0. The van der Waals surface area contributed by atoms with Gasteiger partial charge < -0.3 is 0 Å². The van der Waals surface area contributed by atoms with Gasteiger partial charge in [-0.3, -0.25) is 14.7 Å². The van der Waals surface area contributed by atoms with Gasteiger partial charge in [0.25, 0.3) is 0 Å². The molecule has 1 aromatic rings. The molecule has 1 aromatic heterocycles. The molecule has 2 atom stereocenters.